The van der Waals surface area contributed by atoms with Crippen molar-refractivity contribution in [3.8, 4) is 11.8 Å². The van der Waals surface area contributed by atoms with E-state index in [4.69, 9.17) is 5.73 Å². The fraction of sp³-hybridized carbons (Fsp3) is 0.133. The molecule has 21 heavy (non-hydrogen) atoms. The summed E-state index contributed by atoms with van der Waals surface area (Å²) < 4.78 is 13.4. The third-order valence-corrected chi connectivity index (χ3v) is 3.52. The van der Waals surface area contributed by atoms with Crippen molar-refractivity contribution in [2.45, 2.75) is 6.54 Å². The molecule has 108 valence electrons. The zero-order valence-electron chi connectivity index (χ0n) is 11.2. The molecule has 2 rings (SSSR count). The molecule has 1 aromatic carbocycles. The second-order valence-corrected chi connectivity index (χ2v) is 5.23. The van der Waals surface area contributed by atoms with Crippen LogP contribution >= 0.6 is 11.3 Å². The minimum atomic E-state index is -0.469. The maximum Gasteiger partial charge on any atom is 0.319 e. The molecule has 2 amide bonds. The molecule has 0 spiro atoms. The molecule has 4 N–H and O–H groups in total. The Kier molecular flexibility index (Phi) is 5.32. The molecular weight excluding hydrogens is 289 g/mol. The van der Waals surface area contributed by atoms with E-state index in [0.29, 0.717) is 13.1 Å². The van der Waals surface area contributed by atoms with E-state index < -0.39 is 11.8 Å². The number of rotatable bonds is 3. The van der Waals surface area contributed by atoms with Crippen LogP contribution in [0.2, 0.25) is 0 Å². The van der Waals surface area contributed by atoms with Gasteiger partial charge in [-0.25, -0.2) is 9.18 Å². The average molecular weight is 303 g/mol. The van der Waals surface area contributed by atoms with Crippen LogP contribution < -0.4 is 16.4 Å². The summed E-state index contributed by atoms with van der Waals surface area (Å²) in [5, 5.41) is 5.12. The number of para-hydroxylation sites is 1. The van der Waals surface area contributed by atoms with Crippen LogP contribution in [0.1, 0.15) is 9.75 Å². The van der Waals surface area contributed by atoms with Crippen LogP contribution in [0.5, 0.6) is 0 Å². The largest absolute Gasteiger partial charge is 0.333 e. The molecule has 2 aromatic rings. The molecule has 6 heteroatoms. The Hall–Kier alpha value is -2.36. The van der Waals surface area contributed by atoms with Crippen LogP contribution in [-0.4, -0.2) is 12.6 Å². The van der Waals surface area contributed by atoms with Gasteiger partial charge in [0.2, 0.25) is 0 Å². The second-order valence-electron chi connectivity index (χ2n) is 4.06. The number of hydrogen-bond donors (Lipinski definition) is 3. The Morgan fingerprint density at radius 3 is 2.86 bits per heavy atom. The third-order valence-electron chi connectivity index (χ3n) is 2.52. The van der Waals surface area contributed by atoms with Crippen LogP contribution in [0.15, 0.2) is 36.4 Å². The number of nitrogens with two attached hydrogens (primary N) is 1. The van der Waals surface area contributed by atoms with E-state index in [9.17, 15) is 9.18 Å². The fourth-order valence-corrected chi connectivity index (χ4v) is 2.40. The highest BCUT2D eigenvalue weighted by molar-refractivity contribution is 7.12. The van der Waals surface area contributed by atoms with Gasteiger partial charge in [0.05, 0.1) is 23.7 Å². The quantitative estimate of drug-likeness (QED) is 0.763. The van der Waals surface area contributed by atoms with Gasteiger partial charge in [0.25, 0.3) is 0 Å². The number of amides is 2. The maximum atomic E-state index is 13.4. The summed E-state index contributed by atoms with van der Waals surface area (Å²) in [4.78, 5) is 13.5. The monoisotopic (exact) mass is 303 g/mol. The maximum absolute atomic E-state index is 13.4. The van der Waals surface area contributed by atoms with E-state index in [1.807, 2.05) is 12.1 Å². The first-order valence-corrected chi connectivity index (χ1v) is 7.07. The van der Waals surface area contributed by atoms with Crippen molar-refractivity contribution in [3.63, 3.8) is 0 Å². The zero-order valence-corrected chi connectivity index (χ0v) is 12.0. The Balaban J connectivity index is 1.87. The van der Waals surface area contributed by atoms with Crippen molar-refractivity contribution < 1.29 is 9.18 Å². The summed E-state index contributed by atoms with van der Waals surface area (Å²) in [5.74, 6) is 5.22. The highest BCUT2D eigenvalue weighted by Crippen LogP contribution is 2.15. The van der Waals surface area contributed by atoms with Crippen molar-refractivity contribution in [2.24, 2.45) is 5.73 Å². The SMILES string of the molecule is NCC#Cc1ccc(CNC(=O)Nc2ccccc2F)s1. The Labute approximate surface area is 126 Å². The summed E-state index contributed by atoms with van der Waals surface area (Å²) in [7, 11) is 0. The van der Waals surface area contributed by atoms with Gasteiger partial charge in [-0.15, -0.1) is 11.3 Å². The van der Waals surface area contributed by atoms with E-state index in [1.54, 1.807) is 12.1 Å². The van der Waals surface area contributed by atoms with Crippen LogP contribution in [0.4, 0.5) is 14.9 Å². The first-order valence-electron chi connectivity index (χ1n) is 6.26. The minimum Gasteiger partial charge on any atom is -0.333 e. The summed E-state index contributed by atoms with van der Waals surface area (Å²) >= 11 is 1.48. The predicted octanol–water partition coefficient (Wildman–Crippen LogP) is 2.52. The van der Waals surface area contributed by atoms with Gasteiger partial charge in [-0.1, -0.05) is 24.0 Å². The number of anilines is 1. The van der Waals surface area contributed by atoms with Crippen molar-refractivity contribution in [3.05, 3.63) is 52.0 Å². The molecule has 0 fully saturated rings. The lowest BCUT2D eigenvalue weighted by atomic mass is 10.3. The van der Waals surface area contributed by atoms with Crippen LogP contribution in [0, 0.1) is 17.7 Å². The van der Waals surface area contributed by atoms with Gasteiger partial charge in [-0.3, -0.25) is 0 Å². The summed E-state index contributed by atoms with van der Waals surface area (Å²) in [6, 6.07) is 9.31. The van der Waals surface area contributed by atoms with E-state index in [-0.39, 0.29) is 5.69 Å². The zero-order chi connectivity index (χ0) is 15.1. The van der Waals surface area contributed by atoms with Crippen LogP contribution in [0.25, 0.3) is 0 Å². The molecule has 0 atom stereocenters. The Morgan fingerprint density at radius 2 is 2.10 bits per heavy atom. The summed E-state index contributed by atoms with van der Waals surface area (Å²) in [5.41, 5.74) is 5.45. The number of hydrogen-bond acceptors (Lipinski definition) is 3. The fourth-order valence-electron chi connectivity index (χ4n) is 1.57. The molecule has 0 aliphatic heterocycles. The highest BCUT2D eigenvalue weighted by Gasteiger charge is 2.06. The van der Waals surface area contributed by atoms with Crippen LogP contribution in [0.3, 0.4) is 0 Å². The average Bonchev–Trinajstić information content (AvgIpc) is 2.93. The van der Waals surface area contributed by atoms with Gasteiger partial charge >= 0.3 is 6.03 Å². The smallest absolute Gasteiger partial charge is 0.319 e. The number of thiophene rings is 1. The molecule has 4 nitrogen and oxygen atoms in total. The predicted molar refractivity (Wildman–Crippen MR) is 82.5 cm³/mol. The lowest BCUT2D eigenvalue weighted by Gasteiger charge is -2.07. The van der Waals surface area contributed by atoms with Crippen molar-refractivity contribution in [1.82, 2.24) is 5.32 Å². The minimum absolute atomic E-state index is 0.149. The van der Waals surface area contributed by atoms with Gasteiger partial charge in [-0.05, 0) is 24.3 Å². The van der Waals surface area contributed by atoms with Crippen molar-refractivity contribution >= 4 is 23.1 Å². The lowest BCUT2D eigenvalue weighted by molar-refractivity contribution is 0.251. The Bertz CT molecular complexity index is 687. The van der Waals surface area contributed by atoms with Crippen molar-refractivity contribution in [1.29, 1.82) is 0 Å². The molecule has 0 aliphatic carbocycles. The molecule has 0 saturated carbocycles. The number of urea groups is 1. The van der Waals surface area contributed by atoms with E-state index in [0.717, 1.165) is 9.75 Å². The lowest BCUT2D eigenvalue weighted by Crippen LogP contribution is -2.28. The number of benzene rings is 1. The number of carbonyl (C=O) groups excluding carboxylic acids is 1. The second kappa shape index (κ2) is 7.43. The van der Waals surface area contributed by atoms with Gasteiger partial charge in [0.15, 0.2) is 0 Å². The molecule has 1 heterocycles. The number of carbonyl (C=O) groups is 1. The normalized spacial score (nSPS) is 9.62. The first kappa shape index (κ1) is 15.0. The van der Waals surface area contributed by atoms with Crippen LogP contribution in [-0.2, 0) is 6.54 Å². The van der Waals surface area contributed by atoms with Gasteiger partial charge in [0, 0.05) is 4.88 Å². The third kappa shape index (κ3) is 4.60. The molecule has 1 aromatic heterocycles. The molecule has 0 aliphatic rings. The summed E-state index contributed by atoms with van der Waals surface area (Å²) in [6.45, 7) is 0.672. The molecular formula is C15H14FN3OS. The van der Waals surface area contributed by atoms with Gasteiger partial charge in [0.1, 0.15) is 5.82 Å². The molecule has 0 saturated heterocycles. The van der Waals surface area contributed by atoms with E-state index in [2.05, 4.69) is 22.5 Å². The number of halogens is 1. The topological polar surface area (TPSA) is 67.1 Å². The first-order chi connectivity index (χ1) is 10.2. The standard InChI is InChI=1S/C15H14FN3OS/c16-13-5-1-2-6-14(13)19-15(20)18-10-12-8-7-11(21-12)4-3-9-17/h1-2,5-8H,9-10,17H2,(H2,18,19,20). The van der Waals surface area contributed by atoms with E-state index in [1.165, 1.54) is 23.5 Å². The van der Waals surface area contributed by atoms with Crippen molar-refractivity contribution in [2.75, 3.05) is 11.9 Å². The molecule has 0 unspecified atom stereocenters. The Morgan fingerprint density at radius 1 is 1.29 bits per heavy atom. The molecule has 0 radical (unpaired) electrons. The van der Waals surface area contributed by atoms with Gasteiger partial charge in [-0.2, -0.15) is 0 Å². The number of nitrogens with one attached hydrogen (secondary N) is 2. The molecule has 0 bridgehead atoms. The highest BCUT2D eigenvalue weighted by atomic mass is 32.1. The summed E-state index contributed by atoms with van der Waals surface area (Å²) in [6.07, 6.45) is 0. The van der Waals surface area contributed by atoms with Gasteiger partial charge < -0.3 is 16.4 Å². The van der Waals surface area contributed by atoms with E-state index >= 15 is 0 Å².